The van der Waals surface area contributed by atoms with E-state index in [-0.39, 0.29) is 36.0 Å². The van der Waals surface area contributed by atoms with Crippen LogP contribution >= 0.6 is 0 Å². The predicted molar refractivity (Wildman–Crippen MR) is 74.2 cm³/mol. The van der Waals surface area contributed by atoms with E-state index in [0.717, 1.165) is 5.69 Å². The lowest BCUT2D eigenvalue weighted by molar-refractivity contribution is -0.144. The van der Waals surface area contributed by atoms with Crippen molar-refractivity contribution in [2.45, 2.75) is 32.4 Å². The fourth-order valence-electron chi connectivity index (χ4n) is 3.09. The van der Waals surface area contributed by atoms with Crippen molar-refractivity contribution < 1.29 is 14.3 Å². The molecule has 0 spiro atoms. The standard InChI is InChI=1S/C15H18N2O3/c1-15(2)9-17(11-8-12(18)20-13(11)15)14(19)16-10-6-4-3-5-7-10/h3-7,11,13H,8-9H2,1-2H3,(H,16,19)/t11-,13+/m1/s1. The second-order valence-corrected chi connectivity index (χ2v) is 6.09. The van der Waals surface area contributed by atoms with E-state index in [9.17, 15) is 9.59 Å². The van der Waals surface area contributed by atoms with Gasteiger partial charge in [0.15, 0.2) is 0 Å². The number of nitrogens with zero attached hydrogens (tertiary/aromatic N) is 1. The number of likely N-dealkylation sites (tertiary alicyclic amines) is 1. The molecule has 2 amide bonds. The Morgan fingerprint density at radius 1 is 1.35 bits per heavy atom. The minimum Gasteiger partial charge on any atom is -0.459 e. The van der Waals surface area contributed by atoms with Gasteiger partial charge in [0.2, 0.25) is 0 Å². The highest BCUT2D eigenvalue weighted by Crippen LogP contribution is 2.42. The minimum absolute atomic E-state index is 0.152. The number of anilines is 1. The summed E-state index contributed by atoms with van der Waals surface area (Å²) < 4.78 is 5.37. The van der Waals surface area contributed by atoms with Gasteiger partial charge < -0.3 is 15.0 Å². The quantitative estimate of drug-likeness (QED) is 0.799. The number of amides is 2. The summed E-state index contributed by atoms with van der Waals surface area (Å²) in [5.74, 6) is -0.217. The Morgan fingerprint density at radius 3 is 2.75 bits per heavy atom. The van der Waals surface area contributed by atoms with Gasteiger partial charge in [-0.05, 0) is 12.1 Å². The van der Waals surface area contributed by atoms with Gasteiger partial charge in [0.25, 0.3) is 0 Å². The van der Waals surface area contributed by atoms with Crippen LogP contribution in [0.5, 0.6) is 0 Å². The first kappa shape index (κ1) is 13.0. The first-order valence-corrected chi connectivity index (χ1v) is 6.79. The van der Waals surface area contributed by atoms with E-state index in [1.165, 1.54) is 0 Å². The highest BCUT2D eigenvalue weighted by molar-refractivity contribution is 5.90. The molecule has 2 aliphatic heterocycles. The Morgan fingerprint density at radius 2 is 2.05 bits per heavy atom. The molecule has 2 heterocycles. The maximum atomic E-state index is 12.4. The molecule has 2 atom stereocenters. The zero-order valence-electron chi connectivity index (χ0n) is 11.6. The van der Waals surface area contributed by atoms with Crippen LogP contribution in [0.15, 0.2) is 30.3 Å². The number of benzene rings is 1. The normalized spacial score (nSPS) is 27.1. The van der Waals surface area contributed by atoms with Gasteiger partial charge in [-0.1, -0.05) is 32.0 Å². The highest BCUT2D eigenvalue weighted by atomic mass is 16.6. The summed E-state index contributed by atoms with van der Waals surface area (Å²) in [5.41, 5.74) is 0.550. The molecule has 5 nitrogen and oxygen atoms in total. The van der Waals surface area contributed by atoms with Crippen molar-refractivity contribution in [3.63, 3.8) is 0 Å². The van der Waals surface area contributed by atoms with Crippen LogP contribution in [0.4, 0.5) is 10.5 Å². The summed E-state index contributed by atoms with van der Waals surface area (Å²) in [6.07, 6.45) is 0.0903. The van der Waals surface area contributed by atoms with Gasteiger partial charge in [-0.15, -0.1) is 0 Å². The van der Waals surface area contributed by atoms with E-state index >= 15 is 0 Å². The molecular weight excluding hydrogens is 256 g/mol. The van der Waals surface area contributed by atoms with Gasteiger partial charge in [0.1, 0.15) is 6.10 Å². The molecule has 3 rings (SSSR count). The molecule has 0 saturated carbocycles. The Hall–Kier alpha value is -2.04. The number of hydrogen-bond donors (Lipinski definition) is 1. The molecule has 1 aromatic rings. The molecule has 1 aromatic carbocycles. The molecule has 0 radical (unpaired) electrons. The van der Waals surface area contributed by atoms with Crippen LogP contribution in [0.2, 0.25) is 0 Å². The smallest absolute Gasteiger partial charge is 0.322 e. The molecule has 2 aliphatic rings. The third-order valence-corrected chi connectivity index (χ3v) is 4.02. The van der Waals surface area contributed by atoms with Crippen LogP contribution < -0.4 is 5.32 Å². The van der Waals surface area contributed by atoms with Crippen LogP contribution in [0.1, 0.15) is 20.3 Å². The highest BCUT2D eigenvalue weighted by Gasteiger charge is 2.55. The molecule has 106 valence electrons. The number of para-hydroxylation sites is 1. The fourth-order valence-corrected chi connectivity index (χ4v) is 3.09. The van der Waals surface area contributed by atoms with Crippen molar-refractivity contribution in [1.29, 1.82) is 0 Å². The second kappa shape index (κ2) is 4.51. The van der Waals surface area contributed by atoms with E-state index in [1.807, 2.05) is 44.2 Å². The summed E-state index contributed by atoms with van der Waals surface area (Å²) >= 11 is 0. The molecule has 5 heteroatoms. The molecule has 1 N–H and O–H groups in total. The average Bonchev–Trinajstić information content (AvgIpc) is 2.89. The Kier molecular flexibility index (Phi) is 2.92. The number of ether oxygens (including phenoxy) is 1. The number of carbonyl (C=O) groups is 2. The number of carbonyl (C=O) groups excluding carboxylic acids is 2. The number of fused-ring (bicyclic) bond motifs is 1. The molecule has 20 heavy (non-hydrogen) atoms. The molecule has 2 saturated heterocycles. The maximum Gasteiger partial charge on any atom is 0.322 e. The molecule has 0 aliphatic carbocycles. The lowest BCUT2D eigenvalue weighted by Gasteiger charge is -2.23. The lowest BCUT2D eigenvalue weighted by atomic mass is 9.88. The Balaban J connectivity index is 1.77. The van der Waals surface area contributed by atoms with Gasteiger partial charge in [-0.3, -0.25) is 4.79 Å². The topological polar surface area (TPSA) is 58.6 Å². The average molecular weight is 274 g/mol. The van der Waals surface area contributed by atoms with Crippen molar-refractivity contribution in [3.8, 4) is 0 Å². The third kappa shape index (κ3) is 2.13. The Bertz CT molecular complexity index is 541. The maximum absolute atomic E-state index is 12.4. The van der Waals surface area contributed by atoms with E-state index in [2.05, 4.69) is 5.32 Å². The zero-order valence-corrected chi connectivity index (χ0v) is 11.6. The SMILES string of the molecule is CC1(C)CN(C(=O)Nc2ccccc2)[C@@H]2CC(=O)O[C@@H]21. The van der Waals surface area contributed by atoms with Gasteiger partial charge in [-0.2, -0.15) is 0 Å². The number of hydrogen-bond acceptors (Lipinski definition) is 3. The van der Waals surface area contributed by atoms with Gasteiger partial charge in [0, 0.05) is 17.6 Å². The van der Waals surface area contributed by atoms with Crippen molar-refractivity contribution in [1.82, 2.24) is 4.90 Å². The predicted octanol–water partition coefficient (Wildman–Crippen LogP) is 2.24. The second-order valence-electron chi connectivity index (χ2n) is 6.09. The molecule has 0 aromatic heterocycles. The monoisotopic (exact) mass is 274 g/mol. The number of urea groups is 1. The van der Waals surface area contributed by atoms with Crippen LogP contribution in [0.25, 0.3) is 0 Å². The fraction of sp³-hybridized carbons (Fsp3) is 0.467. The summed E-state index contributed by atoms with van der Waals surface area (Å²) in [6, 6.07) is 8.99. The zero-order chi connectivity index (χ0) is 14.3. The van der Waals surface area contributed by atoms with Gasteiger partial charge >= 0.3 is 12.0 Å². The third-order valence-electron chi connectivity index (χ3n) is 4.02. The van der Waals surface area contributed by atoms with Crippen molar-refractivity contribution in [2.75, 3.05) is 11.9 Å². The van der Waals surface area contributed by atoms with E-state index in [0.29, 0.717) is 6.54 Å². The molecule has 0 unspecified atom stereocenters. The summed E-state index contributed by atoms with van der Waals surface area (Å²) in [6.45, 7) is 4.65. The van der Waals surface area contributed by atoms with E-state index in [4.69, 9.17) is 4.74 Å². The van der Waals surface area contributed by atoms with Crippen molar-refractivity contribution in [3.05, 3.63) is 30.3 Å². The van der Waals surface area contributed by atoms with Gasteiger partial charge in [0.05, 0.1) is 12.5 Å². The van der Waals surface area contributed by atoms with Gasteiger partial charge in [-0.25, -0.2) is 4.79 Å². The molecular formula is C15H18N2O3. The Labute approximate surface area is 117 Å². The van der Waals surface area contributed by atoms with Crippen LogP contribution in [-0.2, 0) is 9.53 Å². The van der Waals surface area contributed by atoms with Crippen molar-refractivity contribution >= 4 is 17.7 Å². The molecule has 2 fully saturated rings. The minimum atomic E-state index is -0.217. The lowest BCUT2D eigenvalue weighted by Crippen LogP contribution is -2.40. The summed E-state index contributed by atoms with van der Waals surface area (Å²) in [5, 5.41) is 2.87. The van der Waals surface area contributed by atoms with Crippen molar-refractivity contribution in [2.24, 2.45) is 5.41 Å². The van der Waals surface area contributed by atoms with Crippen LogP contribution in [0.3, 0.4) is 0 Å². The molecule has 0 bridgehead atoms. The van der Waals surface area contributed by atoms with E-state index in [1.54, 1.807) is 4.90 Å². The number of esters is 1. The van der Waals surface area contributed by atoms with Crippen LogP contribution in [0, 0.1) is 5.41 Å². The van der Waals surface area contributed by atoms with E-state index < -0.39 is 0 Å². The number of rotatable bonds is 1. The summed E-state index contributed by atoms with van der Waals surface area (Å²) in [7, 11) is 0. The van der Waals surface area contributed by atoms with Crippen LogP contribution in [-0.4, -0.2) is 35.6 Å². The first-order chi connectivity index (χ1) is 9.47. The number of nitrogens with one attached hydrogen (secondary N) is 1. The first-order valence-electron chi connectivity index (χ1n) is 6.79. The summed E-state index contributed by atoms with van der Waals surface area (Å²) in [4.78, 5) is 25.6. The largest absolute Gasteiger partial charge is 0.459 e.